The van der Waals surface area contributed by atoms with Gasteiger partial charge in [0.05, 0.1) is 26.9 Å². The van der Waals surface area contributed by atoms with Gasteiger partial charge in [-0.05, 0) is 19.3 Å². The molecule has 0 aromatic rings. The monoisotopic (exact) mass is 286 g/mol. The molecule has 0 amide bonds. The first kappa shape index (κ1) is 15.3. The first-order chi connectivity index (χ1) is 9.15. The molecular formula is C14H22O6. The maximum absolute atomic E-state index is 12.2. The number of esters is 2. The molecule has 1 aliphatic heterocycles. The molecule has 0 N–H and O–H groups in total. The van der Waals surface area contributed by atoms with Crippen molar-refractivity contribution in [3.8, 4) is 0 Å². The Kier molecular flexibility index (Phi) is 3.38. The molecule has 2 rings (SSSR count). The number of methoxy groups -OCH3 is 2. The number of hydrogen-bond donors (Lipinski definition) is 0. The zero-order valence-electron chi connectivity index (χ0n) is 12.8. The van der Waals surface area contributed by atoms with Crippen molar-refractivity contribution in [2.24, 2.45) is 16.7 Å². The van der Waals surface area contributed by atoms with Gasteiger partial charge in [0.15, 0.2) is 11.2 Å². The predicted molar refractivity (Wildman–Crippen MR) is 68.6 cm³/mol. The summed E-state index contributed by atoms with van der Waals surface area (Å²) in [6, 6.07) is 0. The van der Waals surface area contributed by atoms with Gasteiger partial charge in [-0.25, -0.2) is 0 Å². The van der Waals surface area contributed by atoms with Crippen molar-refractivity contribution < 1.29 is 28.5 Å². The van der Waals surface area contributed by atoms with Crippen LogP contribution in [-0.2, 0) is 28.5 Å². The third-order valence-corrected chi connectivity index (χ3v) is 4.59. The third-order valence-electron chi connectivity index (χ3n) is 4.59. The number of rotatable bonds is 3. The Morgan fingerprint density at radius 1 is 1.05 bits per heavy atom. The zero-order valence-corrected chi connectivity index (χ0v) is 12.8. The Morgan fingerprint density at radius 2 is 1.55 bits per heavy atom. The molecule has 2 aliphatic rings. The summed E-state index contributed by atoms with van der Waals surface area (Å²) in [6.45, 7) is 7.65. The van der Waals surface area contributed by atoms with Crippen molar-refractivity contribution in [2.45, 2.75) is 39.6 Å². The van der Waals surface area contributed by atoms with E-state index in [1.807, 2.05) is 13.8 Å². The summed E-state index contributed by atoms with van der Waals surface area (Å²) in [5.41, 5.74) is -1.91. The SMILES string of the molecule is COC(=O)C1(C(=O)OC)[C@H]([C@@H]2COC(C)(C)O2)C1(C)C. The lowest BCUT2D eigenvalue weighted by Crippen LogP contribution is -2.35. The Labute approximate surface area is 118 Å². The fourth-order valence-electron chi connectivity index (χ4n) is 3.61. The molecule has 2 atom stereocenters. The summed E-state index contributed by atoms with van der Waals surface area (Å²) in [5.74, 6) is -2.18. The maximum atomic E-state index is 12.2. The summed E-state index contributed by atoms with van der Waals surface area (Å²) in [5, 5.41) is 0. The van der Waals surface area contributed by atoms with Gasteiger partial charge >= 0.3 is 11.9 Å². The van der Waals surface area contributed by atoms with E-state index in [1.165, 1.54) is 14.2 Å². The summed E-state index contributed by atoms with van der Waals surface area (Å²) in [7, 11) is 2.54. The maximum Gasteiger partial charge on any atom is 0.324 e. The summed E-state index contributed by atoms with van der Waals surface area (Å²) >= 11 is 0. The minimum Gasteiger partial charge on any atom is -0.468 e. The molecule has 1 saturated carbocycles. The van der Waals surface area contributed by atoms with Crippen LogP contribution in [0.25, 0.3) is 0 Å². The lowest BCUT2D eigenvalue weighted by Gasteiger charge is -2.18. The average Bonchev–Trinajstić information content (AvgIpc) is 2.68. The van der Waals surface area contributed by atoms with Crippen LogP contribution in [0, 0.1) is 16.7 Å². The van der Waals surface area contributed by atoms with Gasteiger partial charge in [-0.1, -0.05) is 13.8 Å². The highest BCUT2D eigenvalue weighted by atomic mass is 16.7. The molecule has 6 nitrogen and oxygen atoms in total. The van der Waals surface area contributed by atoms with Crippen LogP contribution in [-0.4, -0.2) is 44.7 Å². The zero-order chi connectivity index (χ0) is 15.3. The largest absolute Gasteiger partial charge is 0.468 e. The van der Waals surface area contributed by atoms with Crippen molar-refractivity contribution in [3.63, 3.8) is 0 Å². The molecule has 0 bridgehead atoms. The Morgan fingerprint density at radius 3 is 1.90 bits per heavy atom. The Hall–Kier alpha value is -1.14. The molecule has 1 saturated heterocycles. The molecule has 6 heteroatoms. The quantitative estimate of drug-likeness (QED) is 0.572. The molecule has 1 aliphatic carbocycles. The van der Waals surface area contributed by atoms with Crippen LogP contribution in [0.3, 0.4) is 0 Å². The summed E-state index contributed by atoms with van der Waals surface area (Å²) in [4.78, 5) is 24.4. The minimum atomic E-state index is -1.31. The van der Waals surface area contributed by atoms with Crippen molar-refractivity contribution in [3.05, 3.63) is 0 Å². The topological polar surface area (TPSA) is 71.1 Å². The van der Waals surface area contributed by atoms with E-state index in [1.54, 1.807) is 13.8 Å². The van der Waals surface area contributed by atoms with Crippen LogP contribution in [0.15, 0.2) is 0 Å². The van der Waals surface area contributed by atoms with Gasteiger partial charge in [0.2, 0.25) is 0 Å². The summed E-state index contributed by atoms with van der Waals surface area (Å²) in [6.07, 6.45) is -0.335. The van der Waals surface area contributed by atoms with Crippen LogP contribution >= 0.6 is 0 Å². The second kappa shape index (κ2) is 4.43. The smallest absolute Gasteiger partial charge is 0.324 e. The van der Waals surface area contributed by atoms with Gasteiger partial charge < -0.3 is 18.9 Å². The van der Waals surface area contributed by atoms with Crippen molar-refractivity contribution in [1.29, 1.82) is 0 Å². The van der Waals surface area contributed by atoms with Gasteiger partial charge in [0.1, 0.15) is 0 Å². The van der Waals surface area contributed by atoms with Gasteiger partial charge in [-0.15, -0.1) is 0 Å². The fourth-order valence-corrected chi connectivity index (χ4v) is 3.61. The van der Waals surface area contributed by atoms with Crippen LogP contribution in [0.5, 0.6) is 0 Å². The second-order valence-electron chi connectivity index (χ2n) is 6.36. The minimum absolute atomic E-state index is 0.323. The summed E-state index contributed by atoms with van der Waals surface area (Å²) < 4.78 is 21.0. The van der Waals surface area contributed by atoms with Crippen molar-refractivity contribution >= 4 is 11.9 Å². The highest BCUT2D eigenvalue weighted by Crippen LogP contribution is 2.72. The highest BCUT2D eigenvalue weighted by molar-refractivity contribution is 6.05. The van der Waals surface area contributed by atoms with Crippen molar-refractivity contribution in [2.75, 3.05) is 20.8 Å². The molecule has 0 aromatic carbocycles. The lowest BCUT2D eigenvalue weighted by molar-refractivity contribution is -0.166. The van der Waals surface area contributed by atoms with Gasteiger partial charge in [-0.2, -0.15) is 0 Å². The van der Waals surface area contributed by atoms with E-state index in [9.17, 15) is 9.59 Å². The second-order valence-corrected chi connectivity index (χ2v) is 6.36. The van der Waals surface area contributed by atoms with E-state index in [4.69, 9.17) is 18.9 Å². The lowest BCUT2D eigenvalue weighted by atomic mass is 9.96. The standard InChI is InChI=1S/C14H22O6/c1-12(2)9(8-7-19-13(3,4)20-8)14(12,10(15)17-5)11(16)18-6/h8-9H,7H2,1-6H3/t8-,9+/m0/s1. The molecule has 1 heterocycles. The molecule has 0 unspecified atom stereocenters. The molecule has 114 valence electrons. The van der Waals surface area contributed by atoms with Crippen molar-refractivity contribution in [1.82, 2.24) is 0 Å². The van der Waals surface area contributed by atoms with Gasteiger partial charge in [0.25, 0.3) is 0 Å². The molecule has 20 heavy (non-hydrogen) atoms. The van der Waals surface area contributed by atoms with Gasteiger partial charge in [0, 0.05) is 5.92 Å². The molecular weight excluding hydrogens is 264 g/mol. The highest BCUT2D eigenvalue weighted by Gasteiger charge is 2.84. The van der Waals surface area contributed by atoms with E-state index in [0.717, 1.165) is 0 Å². The number of ether oxygens (including phenoxy) is 4. The van der Waals surface area contributed by atoms with E-state index in [0.29, 0.717) is 6.61 Å². The fraction of sp³-hybridized carbons (Fsp3) is 0.857. The third kappa shape index (κ3) is 1.78. The molecule has 0 spiro atoms. The van der Waals surface area contributed by atoms with E-state index in [2.05, 4.69) is 0 Å². The van der Waals surface area contributed by atoms with Crippen LogP contribution in [0.2, 0.25) is 0 Å². The van der Waals surface area contributed by atoms with Gasteiger partial charge in [-0.3, -0.25) is 9.59 Å². The molecule has 0 aromatic heterocycles. The van der Waals surface area contributed by atoms with E-state index >= 15 is 0 Å². The normalized spacial score (nSPS) is 32.5. The first-order valence-electron chi connectivity index (χ1n) is 6.63. The first-order valence-corrected chi connectivity index (χ1v) is 6.63. The van der Waals surface area contributed by atoms with Crippen LogP contribution in [0.4, 0.5) is 0 Å². The number of carbonyl (C=O) groups excluding carboxylic acids is 2. The number of hydrogen-bond acceptors (Lipinski definition) is 6. The predicted octanol–water partition coefficient (Wildman–Crippen LogP) is 1.13. The number of carbonyl (C=O) groups is 2. The molecule has 2 fully saturated rings. The van der Waals surface area contributed by atoms with E-state index < -0.39 is 28.6 Å². The Bertz CT molecular complexity index is 423. The van der Waals surface area contributed by atoms with Crippen LogP contribution < -0.4 is 0 Å². The van der Waals surface area contributed by atoms with Crippen LogP contribution in [0.1, 0.15) is 27.7 Å². The Balaban J connectivity index is 2.34. The average molecular weight is 286 g/mol. The molecule has 0 radical (unpaired) electrons. The van der Waals surface area contributed by atoms with E-state index in [-0.39, 0.29) is 12.0 Å².